The maximum Gasteiger partial charge on any atom is 0.319 e. The first-order chi connectivity index (χ1) is 8.15. The van der Waals surface area contributed by atoms with Crippen molar-refractivity contribution < 1.29 is 9.72 Å². The summed E-state index contributed by atoms with van der Waals surface area (Å²) >= 11 is 0. The van der Waals surface area contributed by atoms with Crippen molar-refractivity contribution in [1.82, 2.24) is 5.32 Å². The zero-order valence-electron chi connectivity index (χ0n) is 9.60. The Kier molecular flexibility index (Phi) is 4.93. The molecule has 0 atom stereocenters. The van der Waals surface area contributed by atoms with Gasteiger partial charge in [0.15, 0.2) is 0 Å². The first kappa shape index (κ1) is 13.0. The van der Waals surface area contributed by atoms with Gasteiger partial charge in [0, 0.05) is 12.6 Å². The highest BCUT2D eigenvalue weighted by atomic mass is 16.6. The summed E-state index contributed by atoms with van der Waals surface area (Å²) < 4.78 is 0. The third kappa shape index (κ3) is 4.10. The molecule has 2 N–H and O–H groups in total. The molecule has 0 saturated heterocycles. The fourth-order valence-corrected chi connectivity index (χ4v) is 1.28. The Morgan fingerprint density at radius 2 is 2.12 bits per heavy atom. The van der Waals surface area contributed by atoms with Gasteiger partial charge in [-0.3, -0.25) is 10.1 Å². The highest BCUT2D eigenvalue weighted by molar-refractivity contribution is 5.91. The number of rotatable bonds is 5. The SMILES string of the molecule is CCCCNC(=O)Nc1ccccc1[N+](=O)[O-]. The van der Waals surface area contributed by atoms with Gasteiger partial charge < -0.3 is 10.6 Å². The third-order valence-electron chi connectivity index (χ3n) is 2.16. The molecule has 0 saturated carbocycles. The molecule has 0 heterocycles. The van der Waals surface area contributed by atoms with E-state index in [0.29, 0.717) is 6.54 Å². The van der Waals surface area contributed by atoms with Crippen molar-refractivity contribution in [1.29, 1.82) is 0 Å². The maximum absolute atomic E-state index is 11.4. The number of anilines is 1. The van der Waals surface area contributed by atoms with Crippen LogP contribution in [0.4, 0.5) is 16.2 Å². The van der Waals surface area contributed by atoms with Crippen molar-refractivity contribution in [2.75, 3.05) is 11.9 Å². The lowest BCUT2D eigenvalue weighted by Gasteiger charge is -2.07. The van der Waals surface area contributed by atoms with Crippen LogP contribution in [0.25, 0.3) is 0 Å². The van der Waals surface area contributed by atoms with Gasteiger partial charge in [-0.15, -0.1) is 0 Å². The fraction of sp³-hybridized carbons (Fsp3) is 0.364. The number of nitro benzene ring substituents is 1. The topological polar surface area (TPSA) is 84.3 Å². The van der Waals surface area contributed by atoms with Crippen LogP contribution in [0.1, 0.15) is 19.8 Å². The fourth-order valence-electron chi connectivity index (χ4n) is 1.28. The van der Waals surface area contributed by atoms with E-state index in [-0.39, 0.29) is 11.4 Å². The quantitative estimate of drug-likeness (QED) is 0.468. The van der Waals surface area contributed by atoms with Gasteiger partial charge in [-0.2, -0.15) is 0 Å². The molecular weight excluding hydrogens is 222 g/mol. The van der Waals surface area contributed by atoms with Crippen LogP contribution in [0, 0.1) is 10.1 Å². The highest BCUT2D eigenvalue weighted by Crippen LogP contribution is 2.22. The van der Waals surface area contributed by atoms with E-state index in [4.69, 9.17) is 0 Å². The number of unbranched alkanes of at least 4 members (excludes halogenated alkanes) is 1. The Labute approximate surface area is 99.2 Å². The Bertz CT molecular complexity index is 407. The van der Waals surface area contributed by atoms with E-state index < -0.39 is 11.0 Å². The summed E-state index contributed by atoms with van der Waals surface area (Å²) in [6.45, 7) is 2.57. The van der Waals surface area contributed by atoms with Crippen LogP contribution >= 0.6 is 0 Å². The first-order valence-electron chi connectivity index (χ1n) is 5.43. The van der Waals surface area contributed by atoms with Crippen LogP contribution in [0.3, 0.4) is 0 Å². The van der Waals surface area contributed by atoms with Crippen LogP contribution in [-0.2, 0) is 0 Å². The summed E-state index contributed by atoms with van der Waals surface area (Å²) in [7, 11) is 0. The van der Waals surface area contributed by atoms with Gasteiger partial charge in [-0.05, 0) is 12.5 Å². The molecule has 0 aliphatic heterocycles. The van der Waals surface area contributed by atoms with E-state index in [1.165, 1.54) is 12.1 Å². The summed E-state index contributed by atoms with van der Waals surface area (Å²) in [5, 5.41) is 15.8. The van der Waals surface area contributed by atoms with Crippen molar-refractivity contribution in [2.45, 2.75) is 19.8 Å². The molecular formula is C11H15N3O3. The molecule has 92 valence electrons. The summed E-state index contributed by atoms with van der Waals surface area (Å²) in [6, 6.07) is 5.61. The number of hydrogen-bond acceptors (Lipinski definition) is 3. The average Bonchev–Trinajstić information content (AvgIpc) is 2.29. The molecule has 0 spiro atoms. The summed E-state index contributed by atoms with van der Waals surface area (Å²) in [4.78, 5) is 21.6. The van der Waals surface area contributed by atoms with Gasteiger partial charge >= 0.3 is 6.03 Å². The molecule has 0 aromatic heterocycles. The number of para-hydroxylation sites is 2. The molecule has 0 aliphatic rings. The van der Waals surface area contributed by atoms with Gasteiger partial charge in [-0.25, -0.2) is 4.79 Å². The second-order valence-electron chi connectivity index (χ2n) is 3.51. The molecule has 17 heavy (non-hydrogen) atoms. The van der Waals surface area contributed by atoms with E-state index in [1.54, 1.807) is 12.1 Å². The lowest BCUT2D eigenvalue weighted by atomic mass is 10.3. The van der Waals surface area contributed by atoms with Crippen LogP contribution in [0.5, 0.6) is 0 Å². The van der Waals surface area contributed by atoms with E-state index in [1.807, 2.05) is 6.92 Å². The molecule has 0 radical (unpaired) electrons. The van der Waals surface area contributed by atoms with Crippen molar-refractivity contribution in [2.24, 2.45) is 0 Å². The lowest BCUT2D eigenvalue weighted by molar-refractivity contribution is -0.383. The Morgan fingerprint density at radius 1 is 1.41 bits per heavy atom. The standard InChI is InChI=1S/C11H15N3O3/c1-2-3-8-12-11(15)13-9-6-4-5-7-10(9)14(16)17/h4-7H,2-3,8H2,1H3,(H2,12,13,15). The zero-order chi connectivity index (χ0) is 12.7. The van der Waals surface area contributed by atoms with Crippen LogP contribution in [0.2, 0.25) is 0 Å². The van der Waals surface area contributed by atoms with Gasteiger partial charge in [0.05, 0.1) is 4.92 Å². The van der Waals surface area contributed by atoms with Gasteiger partial charge in [-0.1, -0.05) is 25.5 Å². The Balaban J connectivity index is 2.61. The predicted octanol–water partition coefficient (Wildman–Crippen LogP) is 2.52. The minimum Gasteiger partial charge on any atom is -0.338 e. The number of carbonyl (C=O) groups excluding carboxylic acids is 1. The first-order valence-corrected chi connectivity index (χ1v) is 5.43. The van der Waals surface area contributed by atoms with Crippen LogP contribution < -0.4 is 10.6 Å². The van der Waals surface area contributed by atoms with Crippen molar-refractivity contribution in [3.63, 3.8) is 0 Å². The monoisotopic (exact) mass is 237 g/mol. The third-order valence-corrected chi connectivity index (χ3v) is 2.16. The second kappa shape index (κ2) is 6.47. The average molecular weight is 237 g/mol. The summed E-state index contributed by atoms with van der Waals surface area (Å²) in [5.74, 6) is 0. The molecule has 1 rings (SSSR count). The Morgan fingerprint density at radius 3 is 2.76 bits per heavy atom. The molecule has 6 heteroatoms. The number of carbonyl (C=O) groups is 1. The van der Waals surface area contributed by atoms with Gasteiger partial charge in [0.1, 0.15) is 5.69 Å². The molecule has 0 aliphatic carbocycles. The highest BCUT2D eigenvalue weighted by Gasteiger charge is 2.13. The Hall–Kier alpha value is -2.11. The molecule has 0 unspecified atom stereocenters. The van der Waals surface area contributed by atoms with E-state index in [2.05, 4.69) is 10.6 Å². The van der Waals surface area contributed by atoms with Crippen molar-refractivity contribution >= 4 is 17.4 Å². The van der Waals surface area contributed by atoms with E-state index in [0.717, 1.165) is 12.8 Å². The van der Waals surface area contributed by atoms with E-state index >= 15 is 0 Å². The lowest BCUT2D eigenvalue weighted by Crippen LogP contribution is -2.29. The molecule has 0 bridgehead atoms. The van der Waals surface area contributed by atoms with Gasteiger partial charge in [0.2, 0.25) is 0 Å². The molecule has 6 nitrogen and oxygen atoms in total. The van der Waals surface area contributed by atoms with E-state index in [9.17, 15) is 14.9 Å². The summed E-state index contributed by atoms with van der Waals surface area (Å²) in [6.07, 6.45) is 1.86. The van der Waals surface area contributed by atoms with Crippen molar-refractivity contribution in [3.8, 4) is 0 Å². The molecule has 1 aromatic carbocycles. The normalized spacial score (nSPS) is 9.71. The minimum absolute atomic E-state index is 0.113. The number of nitrogens with zero attached hydrogens (tertiary/aromatic N) is 1. The van der Waals surface area contributed by atoms with Gasteiger partial charge in [0.25, 0.3) is 5.69 Å². The predicted molar refractivity (Wildman–Crippen MR) is 65.0 cm³/mol. The minimum atomic E-state index is -0.526. The zero-order valence-corrected chi connectivity index (χ0v) is 9.60. The van der Waals surface area contributed by atoms with Crippen molar-refractivity contribution in [3.05, 3.63) is 34.4 Å². The number of nitro groups is 1. The smallest absolute Gasteiger partial charge is 0.319 e. The number of benzene rings is 1. The molecule has 0 fully saturated rings. The number of hydrogen-bond donors (Lipinski definition) is 2. The summed E-state index contributed by atoms with van der Waals surface area (Å²) in [5.41, 5.74) is 0.0876. The number of nitrogens with one attached hydrogen (secondary N) is 2. The van der Waals surface area contributed by atoms with Crippen LogP contribution in [-0.4, -0.2) is 17.5 Å². The number of urea groups is 1. The number of amides is 2. The largest absolute Gasteiger partial charge is 0.338 e. The molecule has 2 amide bonds. The maximum atomic E-state index is 11.4. The van der Waals surface area contributed by atoms with Crippen LogP contribution in [0.15, 0.2) is 24.3 Å². The molecule has 1 aromatic rings. The second-order valence-corrected chi connectivity index (χ2v) is 3.51.